The molecule has 2 aromatic carbocycles. The van der Waals surface area contributed by atoms with Crippen LogP contribution in [-0.2, 0) is 9.47 Å². The van der Waals surface area contributed by atoms with E-state index >= 15 is 0 Å². The van der Waals surface area contributed by atoms with Gasteiger partial charge in [-0.2, -0.15) is 0 Å². The Labute approximate surface area is 206 Å². The molecule has 0 radical (unpaired) electrons. The average molecular weight is 487 g/mol. The molecule has 0 saturated carbocycles. The first-order chi connectivity index (χ1) is 16.2. The third-order valence-corrected chi connectivity index (χ3v) is 4.62. The van der Waals surface area contributed by atoms with Crippen molar-refractivity contribution in [2.24, 2.45) is 0 Å². The Bertz CT molecular complexity index is 1040. The number of esters is 1. The molecule has 0 aliphatic heterocycles. The summed E-state index contributed by atoms with van der Waals surface area (Å²) in [7, 11) is 0. The van der Waals surface area contributed by atoms with Crippen molar-refractivity contribution >= 4 is 18.3 Å². The van der Waals surface area contributed by atoms with Gasteiger partial charge >= 0.3 is 18.3 Å². The fourth-order valence-corrected chi connectivity index (χ4v) is 2.79. The quantitative estimate of drug-likeness (QED) is 0.243. The summed E-state index contributed by atoms with van der Waals surface area (Å²) in [6.45, 7) is 14.3. The Balaban J connectivity index is 2.26. The number of carbonyl (C=O) groups excluding carboxylic acids is 3. The fourth-order valence-electron chi connectivity index (χ4n) is 2.79. The van der Waals surface area contributed by atoms with Crippen LogP contribution in [0.3, 0.4) is 0 Å². The molecule has 8 heteroatoms. The summed E-state index contributed by atoms with van der Waals surface area (Å²) in [6.07, 6.45) is -1.03. The van der Waals surface area contributed by atoms with Gasteiger partial charge in [-0.25, -0.2) is 14.4 Å². The molecule has 0 fully saturated rings. The van der Waals surface area contributed by atoms with Crippen LogP contribution in [0.2, 0.25) is 0 Å². The first-order valence-electron chi connectivity index (χ1n) is 11.4. The van der Waals surface area contributed by atoms with Crippen molar-refractivity contribution in [3.05, 3.63) is 53.6 Å². The van der Waals surface area contributed by atoms with E-state index in [4.69, 9.17) is 23.7 Å². The standard InChI is InChI=1S/C27H34O8/c1-9-17(2)18-10-13-20(14-11-18)31-23(28)19-12-15-21(32-24(29)34-26(3,4)5)22(16-19)33-25(30)35-27(6,7)8/h10-17H,9H2,1-8H3. The van der Waals surface area contributed by atoms with E-state index in [1.54, 1.807) is 53.7 Å². The molecule has 0 N–H and O–H groups in total. The Morgan fingerprint density at radius 1 is 0.743 bits per heavy atom. The van der Waals surface area contributed by atoms with E-state index in [9.17, 15) is 14.4 Å². The number of ether oxygens (including phenoxy) is 5. The van der Waals surface area contributed by atoms with Crippen molar-refractivity contribution in [3.63, 3.8) is 0 Å². The van der Waals surface area contributed by atoms with Gasteiger partial charge in [0.1, 0.15) is 17.0 Å². The van der Waals surface area contributed by atoms with E-state index in [0.717, 1.165) is 12.0 Å². The highest BCUT2D eigenvalue weighted by molar-refractivity contribution is 5.92. The van der Waals surface area contributed by atoms with Crippen LogP contribution in [0, 0.1) is 0 Å². The Morgan fingerprint density at radius 3 is 1.74 bits per heavy atom. The zero-order valence-corrected chi connectivity index (χ0v) is 21.6. The third-order valence-electron chi connectivity index (χ3n) is 4.62. The minimum atomic E-state index is -1.03. The Kier molecular flexibility index (Phi) is 8.90. The minimum Gasteiger partial charge on any atom is -0.428 e. The van der Waals surface area contributed by atoms with Crippen LogP contribution in [0.5, 0.6) is 17.2 Å². The topological polar surface area (TPSA) is 97.4 Å². The van der Waals surface area contributed by atoms with Gasteiger partial charge in [0.15, 0.2) is 11.5 Å². The molecule has 1 unspecified atom stereocenters. The van der Waals surface area contributed by atoms with E-state index in [0.29, 0.717) is 11.7 Å². The molecule has 2 aromatic rings. The van der Waals surface area contributed by atoms with Gasteiger partial charge in [-0.1, -0.05) is 26.0 Å². The summed E-state index contributed by atoms with van der Waals surface area (Å²) in [5.74, 6) is -0.249. The molecule has 35 heavy (non-hydrogen) atoms. The fraction of sp³-hybridized carbons (Fsp3) is 0.444. The third kappa shape index (κ3) is 9.31. The first-order valence-corrected chi connectivity index (χ1v) is 11.4. The molecule has 2 rings (SSSR count). The lowest BCUT2D eigenvalue weighted by Crippen LogP contribution is -2.27. The zero-order chi connectivity index (χ0) is 26.4. The van der Waals surface area contributed by atoms with Crippen molar-refractivity contribution in [1.82, 2.24) is 0 Å². The molecule has 0 amide bonds. The zero-order valence-electron chi connectivity index (χ0n) is 21.6. The van der Waals surface area contributed by atoms with Crippen LogP contribution in [0.15, 0.2) is 42.5 Å². The van der Waals surface area contributed by atoms with E-state index in [2.05, 4.69) is 13.8 Å². The molecular formula is C27H34O8. The normalized spacial score (nSPS) is 12.3. The molecule has 190 valence electrons. The van der Waals surface area contributed by atoms with Gasteiger partial charge in [-0.3, -0.25) is 0 Å². The van der Waals surface area contributed by atoms with Crippen molar-refractivity contribution in [2.75, 3.05) is 0 Å². The molecule has 0 bridgehead atoms. The Hall–Kier alpha value is -3.55. The maximum Gasteiger partial charge on any atom is 0.514 e. The highest BCUT2D eigenvalue weighted by Crippen LogP contribution is 2.31. The molecule has 0 aliphatic carbocycles. The largest absolute Gasteiger partial charge is 0.514 e. The number of benzene rings is 2. The van der Waals surface area contributed by atoms with Gasteiger partial charge in [0.25, 0.3) is 0 Å². The highest BCUT2D eigenvalue weighted by Gasteiger charge is 2.24. The SMILES string of the molecule is CCC(C)c1ccc(OC(=O)c2ccc(OC(=O)OC(C)(C)C)c(OC(=O)OC(C)(C)C)c2)cc1. The van der Waals surface area contributed by atoms with Gasteiger partial charge in [0.2, 0.25) is 0 Å². The molecule has 0 saturated heterocycles. The van der Waals surface area contributed by atoms with Crippen LogP contribution in [0.4, 0.5) is 9.59 Å². The lowest BCUT2D eigenvalue weighted by Gasteiger charge is -2.21. The first kappa shape index (κ1) is 27.7. The second-order valence-corrected chi connectivity index (χ2v) is 10.1. The van der Waals surface area contributed by atoms with E-state index in [1.807, 2.05) is 12.1 Å². The number of hydrogen-bond acceptors (Lipinski definition) is 8. The van der Waals surface area contributed by atoms with Crippen LogP contribution in [0.25, 0.3) is 0 Å². The smallest absolute Gasteiger partial charge is 0.428 e. The summed E-state index contributed by atoms with van der Waals surface area (Å²) in [4.78, 5) is 37.1. The molecule has 8 nitrogen and oxygen atoms in total. The number of rotatable bonds is 6. The van der Waals surface area contributed by atoms with Crippen LogP contribution in [0.1, 0.15) is 83.7 Å². The second-order valence-electron chi connectivity index (χ2n) is 10.1. The Morgan fingerprint density at radius 2 is 1.26 bits per heavy atom. The van der Waals surface area contributed by atoms with Crippen molar-refractivity contribution < 1.29 is 38.1 Å². The van der Waals surface area contributed by atoms with Crippen LogP contribution >= 0.6 is 0 Å². The van der Waals surface area contributed by atoms with E-state index in [-0.39, 0.29) is 17.1 Å². The van der Waals surface area contributed by atoms with Crippen molar-refractivity contribution in [3.8, 4) is 17.2 Å². The second kappa shape index (κ2) is 11.3. The van der Waals surface area contributed by atoms with Crippen LogP contribution < -0.4 is 14.2 Å². The predicted molar refractivity (Wildman–Crippen MR) is 130 cm³/mol. The monoisotopic (exact) mass is 486 g/mol. The van der Waals surface area contributed by atoms with Gasteiger partial charge in [-0.15, -0.1) is 0 Å². The molecule has 0 aliphatic rings. The lowest BCUT2D eigenvalue weighted by molar-refractivity contribution is 0.0137. The van der Waals surface area contributed by atoms with Crippen LogP contribution in [-0.4, -0.2) is 29.5 Å². The summed E-state index contributed by atoms with van der Waals surface area (Å²) in [6, 6.07) is 11.2. The molecule has 0 heterocycles. The van der Waals surface area contributed by atoms with Gasteiger partial charge in [0, 0.05) is 0 Å². The van der Waals surface area contributed by atoms with E-state index in [1.165, 1.54) is 18.2 Å². The summed E-state index contributed by atoms with van der Waals surface area (Å²) in [5.41, 5.74) is -0.395. The van der Waals surface area contributed by atoms with Gasteiger partial charge in [0.05, 0.1) is 5.56 Å². The van der Waals surface area contributed by atoms with Gasteiger partial charge in [-0.05, 0) is 89.8 Å². The molecule has 0 spiro atoms. The molecule has 1 atom stereocenters. The molecule has 0 aromatic heterocycles. The summed E-state index contributed by atoms with van der Waals surface area (Å²) in [5, 5.41) is 0. The lowest BCUT2D eigenvalue weighted by atomic mass is 9.99. The summed E-state index contributed by atoms with van der Waals surface area (Å²) < 4.78 is 26.2. The molecular weight excluding hydrogens is 452 g/mol. The maximum atomic E-state index is 12.8. The maximum absolute atomic E-state index is 12.8. The highest BCUT2D eigenvalue weighted by atomic mass is 16.8. The van der Waals surface area contributed by atoms with Gasteiger partial charge < -0.3 is 23.7 Å². The predicted octanol–water partition coefficient (Wildman–Crippen LogP) is 7.05. The number of carbonyl (C=O) groups is 3. The average Bonchev–Trinajstić information content (AvgIpc) is 2.72. The van der Waals surface area contributed by atoms with Crippen molar-refractivity contribution in [1.29, 1.82) is 0 Å². The number of hydrogen-bond donors (Lipinski definition) is 0. The minimum absolute atomic E-state index is 0.0751. The van der Waals surface area contributed by atoms with E-state index < -0.39 is 29.5 Å². The van der Waals surface area contributed by atoms with Crippen molar-refractivity contribution in [2.45, 2.75) is 78.9 Å². The summed E-state index contributed by atoms with van der Waals surface area (Å²) >= 11 is 0.